The molecule has 0 atom stereocenters. The van der Waals surface area contributed by atoms with Crippen molar-refractivity contribution in [2.24, 2.45) is 0 Å². The maximum absolute atomic E-state index is 12.6. The molecule has 30 heavy (non-hydrogen) atoms. The number of sulfonamides is 1. The Labute approximate surface area is 178 Å². The van der Waals surface area contributed by atoms with Crippen molar-refractivity contribution in [3.63, 3.8) is 0 Å². The molecule has 0 aromatic carbocycles. The number of rotatable bonds is 8. The maximum Gasteiger partial charge on any atom is 0.341 e. The number of furan rings is 1. The van der Waals surface area contributed by atoms with Crippen LogP contribution in [0.3, 0.4) is 0 Å². The summed E-state index contributed by atoms with van der Waals surface area (Å²) in [7, 11) is -0.880. The lowest BCUT2D eigenvalue weighted by Gasteiger charge is -2.09. The largest absolute Gasteiger partial charge is 0.454 e. The summed E-state index contributed by atoms with van der Waals surface area (Å²) in [5.74, 6) is 0.902. The topological polar surface area (TPSA) is 116 Å². The second kappa shape index (κ2) is 9.02. The number of aryl methyl sites for hydroxylation is 2. The summed E-state index contributed by atoms with van der Waals surface area (Å²) in [6.07, 6.45) is 1.59. The van der Waals surface area contributed by atoms with Gasteiger partial charge in [0.05, 0.1) is 11.3 Å². The van der Waals surface area contributed by atoms with Crippen LogP contribution in [0.2, 0.25) is 0 Å². The van der Waals surface area contributed by atoms with Gasteiger partial charge < -0.3 is 13.7 Å². The lowest BCUT2D eigenvalue weighted by molar-refractivity contribution is 0.0435. The Bertz CT molecular complexity index is 1130. The van der Waals surface area contributed by atoms with Crippen LogP contribution >= 0.6 is 11.8 Å². The first-order chi connectivity index (χ1) is 14.2. The van der Waals surface area contributed by atoms with Gasteiger partial charge in [-0.25, -0.2) is 22.5 Å². The average Bonchev–Trinajstić information content (AvgIpc) is 3.32. The molecule has 3 aromatic heterocycles. The summed E-state index contributed by atoms with van der Waals surface area (Å²) >= 11 is 1.37. The van der Waals surface area contributed by atoms with Gasteiger partial charge in [0.25, 0.3) is 10.0 Å². The van der Waals surface area contributed by atoms with E-state index >= 15 is 0 Å². The summed E-state index contributed by atoms with van der Waals surface area (Å²) in [4.78, 5) is 16.8. The van der Waals surface area contributed by atoms with Crippen LogP contribution in [-0.4, -0.2) is 42.9 Å². The van der Waals surface area contributed by atoms with Crippen LogP contribution < -0.4 is 0 Å². The molecule has 0 radical (unpaired) electrons. The number of hydrogen-bond donors (Lipinski definition) is 0. The van der Waals surface area contributed by atoms with Crippen molar-refractivity contribution in [1.29, 1.82) is 0 Å². The molecule has 0 fully saturated rings. The van der Waals surface area contributed by atoms with Crippen molar-refractivity contribution in [2.75, 3.05) is 14.1 Å². The number of nitrogens with zero attached hydrogens (tertiary/aromatic N) is 3. The zero-order chi connectivity index (χ0) is 21.9. The summed E-state index contributed by atoms with van der Waals surface area (Å²) in [6.45, 7) is 3.48. The summed E-state index contributed by atoms with van der Waals surface area (Å²) in [5.41, 5.74) is 2.05. The Kier molecular flexibility index (Phi) is 6.64. The van der Waals surface area contributed by atoms with Crippen LogP contribution in [0.25, 0.3) is 0 Å². The second-order valence-corrected chi connectivity index (χ2v) is 9.58. The maximum atomic E-state index is 12.6. The Morgan fingerprint density at radius 3 is 2.67 bits per heavy atom. The number of hydrogen-bond acceptors (Lipinski definition) is 9. The molecule has 11 heteroatoms. The minimum atomic E-state index is -3.69. The molecular weight excluding hydrogens is 430 g/mol. The molecule has 3 heterocycles. The third-order valence-electron chi connectivity index (χ3n) is 4.24. The standard InChI is InChI=1S/C19H21N3O6S2/c1-12-16(13(2)28-21-12)11-29-18-15(6-5-9-20-18)19(23)26-10-14-7-8-17(27-14)30(24,25)22(3)4/h5-9H,10-11H2,1-4H3. The highest BCUT2D eigenvalue weighted by molar-refractivity contribution is 7.98. The van der Waals surface area contributed by atoms with Crippen LogP contribution in [0.15, 0.2) is 49.5 Å². The summed E-state index contributed by atoms with van der Waals surface area (Å²) in [6, 6.07) is 6.05. The number of thioether (sulfide) groups is 1. The van der Waals surface area contributed by atoms with E-state index in [-0.39, 0.29) is 17.5 Å². The Morgan fingerprint density at radius 1 is 1.23 bits per heavy atom. The van der Waals surface area contributed by atoms with E-state index < -0.39 is 16.0 Å². The zero-order valence-electron chi connectivity index (χ0n) is 16.9. The molecule has 0 aliphatic heterocycles. The van der Waals surface area contributed by atoms with E-state index in [4.69, 9.17) is 13.7 Å². The molecule has 160 valence electrons. The van der Waals surface area contributed by atoms with Crippen LogP contribution in [0.4, 0.5) is 0 Å². The number of pyridine rings is 1. The van der Waals surface area contributed by atoms with Crippen molar-refractivity contribution in [2.45, 2.75) is 36.3 Å². The molecule has 0 unspecified atom stereocenters. The Hall–Kier alpha value is -2.63. The minimum absolute atomic E-state index is 0.204. The number of aromatic nitrogens is 2. The first kappa shape index (κ1) is 22.1. The molecule has 0 N–H and O–H groups in total. The monoisotopic (exact) mass is 451 g/mol. The Balaban J connectivity index is 1.67. The first-order valence-electron chi connectivity index (χ1n) is 8.88. The van der Waals surface area contributed by atoms with E-state index in [2.05, 4.69) is 10.1 Å². The highest BCUT2D eigenvalue weighted by Gasteiger charge is 2.22. The van der Waals surface area contributed by atoms with Gasteiger partial charge in [-0.1, -0.05) is 5.16 Å². The van der Waals surface area contributed by atoms with Crippen molar-refractivity contribution in [3.05, 3.63) is 58.8 Å². The average molecular weight is 452 g/mol. The van der Waals surface area contributed by atoms with Crippen molar-refractivity contribution in [3.8, 4) is 0 Å². The summed E-state index contributed by atoms with van der Waals surface area (Å²) < 4.78 is 40.9. The first-order valence-corrected chi connectivity index (χ1v) is 11.3. The zero-order valence-corrected chi connectivity index (χ0v) is 18.5. The van der Waals surface area contributed by atoms with Crippen molar-refractivity contribution in [1.82, 2.24) is 14.4 Å². The normalized spacial score (nSPS) is 11.8. The van der Waals surface area contributed by atoms with E-state index in [1.165, 1.54) is 38.0 Å². The highest BCUT2D eigenvalue weighted by Crippen LogP contribution is 2.28. The fourth-order valence-electron chi connectivity index (χ4n) is 2.48. The number of carbonyl (C=O) groups is 1. The van der Waals surface area contributed by atoms with Crippen LogP contribution in [-0.2, 0) is 27.1 Å². The molecule has 0 aliphatic rings. The van der Waals surface area contributed by atoms with Crippen molar-refractivity contribution < 1.29 is 26.9 Å². The lowest BCUT2D eigenvalue weighted by Crippen LogP contribution is -2.21. The van der Waals surface area contributed by atoms with Crippen molar-refractivity contribution >= 4 is 27.8 Å². The van der Waals surface area contributed by atoms with Gasteiger partial charge in [-0.2, -0.15) is 0 Å². The van der Waals surface area contributed by atoms with Gasteiger partial charge in [0.1, 0.15) is 23.2 Å². The SMILES string of the molecule is Cc1noc(C)c1CSc1ncccc1C(=O)OCc1ccc(S(=O)(=O)N(C)C)o1. The minimum Gasteiger partial charge on any atom is -0.454 e. The molecule has 9 nitrogen and oxygen atoms in total. The van der Waals surface area contributed by atoms with Gasteiger partial charge in [-0.15, -0.1) is 11.8 Å². The molecule has 3 rings (SSSR count). The lowest BCUT2D eigenvalue weighted by atomic mass is 10.2. The predicted octanol–water partition coefficient (Wildman–Crippen LogP) is 3.18. The summed E-state index contributed by atoms with van der Waals surface area (Å²) in [5, 5.41) is 4.22. The fraction of sp³-hybridized carbons (Fsp3) is 0.316. The molecule has 0 amide bonds. The molecular formula is C19H21N3O6S2. The highest BCUT2D eigenvalue weighted by atomic mass is 32.2. The van der Waals surface area contributed by atoms with Gasteiger partial charge in [0.15, 0.2) is 0 Å². The Morgan fingerprint density at radius 2 is 2.00 bits per heavy atom. The number of ether oxygens (including phenoxy) is 1. The van der Waals surface area contributed by atoms with Gasteiger partial charge in [-0.3, -0.25) is 0 Å². The predicted molar refractivity (Wildman–Crippen MR) is 108 cm³/mol. The van der Waals surface area contributed by atoms with Crippen LogP contribution in [0.1, 0.15) is 33.1 Å². The third kappa shape index (κ3) is 4.74. The second-order valence-electron chi connectivity index (χ2n) is 6.53. The fourth-order valence-corrected chi connectivity index (χ4v) is 4.43. The molecule has 0 bridgehead atoms. The van der Waals surface area contributed by atoms with E-state index in [1.807, 2.05) is 13.8 Å². The van der Waals surface area contributed by atoms with Gasteiger partial charge in [-0.05, 0) is 38.1 Å². The smallest absolute Gasteiger partial charge is 0.341 e. The van der Waals surface area contributed by atoms with E-state index in [0.29, 0.717) is 16.3 Å². The van der Waals surface area contributed by atoms with E-state index in [0.717, 1.165) is 21.3 Å². The van der Waals surface area contributed by atoms with E-state index in [1.54, 1.807) is 18.3 Å². The van der Waals surface area contributed by atoms with E-state index in [9.17, 15) is 13.2 Å². The molecule has 3 aromatic rings. The van der Waals surface area contributed by atoms with Gasteiger partial charge in [0.2, 0.25) is 5.09 Å². The molecule has 0 spiro atoms. The quantitative estimate of drug-likeness (QED) is 0.376. The van der Waals surface area contributed by atoms with Crippen LogP contribution in [0.5, 0.6) is 0 Å². The van der Waals surface area contributed by atoms with Gasteiger partial charge in [0, 0.05) is 31.6 Å². The van der Waals surface area contributed by atoms with Crippen LogP contribution in [0, 0.1) is 13.8 Å². The van der Waals surface area contributed by atoms with Gasteiger partial charge >= 0.3 is 5.97 Å². The molecule has 0 saturated heterocycles. The number of esters is 1. The number of carbonyl (C=O) groups excluding carboxylic acids is 1. The third-order valence-corrected chi connectivity index (χ3v) is 6.96. The molecule has 0 saturated carbocycles. The molecule has 0 aliphatic carbocycles.